The second-order valence-corrected chi connectivity index (χ2v) is 6.03. The molecule has 0 unspecified atom stereocenters. The zero-order chi connectivity index (χ0) is 16.5. The normalized spacial score (nSPS) is 20.2. The first-order valence-electron chi connectivity index (χ1n) is 8.61. The topological polar surface area (TPSA) is 62.2 Å². The molecule has 1 heterocycles. The first-order chi connectivity index (χ1) is 11.2. The molecule has 1 aromatic rings. The van der Waals surface area contributed by atoms with E-state index in [0.29, 0.717) is 19.2 Å². The molecule has 5 nitrogen and oxygen atoms in total. The van der Waals surface area contributed by atoms with Gasteiger partial charge in [-0.2, -0.15) is 0 Å². The second kappa shape index (κ2) is 9.75. The summed E-state index contributed by atoms with van der Waals surface area (Å²) < 4.78 is 11.0. The summed E-state index contributed by atoms with van der Waals surface area (Å²) in [4.78, 5) is 2.28. The number of β-amino-alcohol motifs (C(OH)–C–C–N with tert-alkyl or cyclic N) is 1. The van der Waals surface area contributed by atoms with Crippen molar-refractivity contribution in [2.24, 2.45) is 0 Å². The molecule has 23 heavy (non-hydrogen) atoms. The Balaban J connectivity index is 1.76. The quantitative estimate of drug-likeness (QED) is 0.728. The van der Waals surface area contributed by atoms with Crippen molar-refractivity contribution in [1.29, 1.82) is 0 Å². The molecule has 130 valence electrons. The van der Waals surface area contributed by atoms with Gasteiger partial charge in [-0.15, -0.1) is 0 Å². The van der Waals surface area contributed by atoms with Crippen molar-refractivity contribution in [3.05, 3.63) is 24.3 Å². The molecule has 0 saturated carbocycles. The van der Waals surface area contributed by atoms with Crippen LogP contribution in [-0.4, -0.2) is 60.2 Å². The van der Waals surface area contributed by atoms with Crippen LogP contribution in [-0.2, 0) is 0 Å². The van der Waals surface area contributed by atoms with E-state index in [9.17, 15) is 5.11 Å². The van der Waals surface area contributed by atoms with Gasteiger partial charge in [0.2, 0.25) is 0 Å². The zero-order valence-corrected chi connectivity index (χ0v) is 14.0. The van der Waals surface area contributed by atoms with Crippen molar-refractivity contribution in [3.8, 4) is 11.5 Å². The molecule has 1 aliphatic rings. The number of rotatable bonds is 9. The van der Waals surface area contributed by atoms with E-state index in [0.717, 1.165) is 37.3 Å². The highest BCUT2D eigenvalue weighted by Gasteiger charge is 2.24. The van der Waals surface area contributed by atoms with Crippen LogP contribution in [0.25, 0.3) is 0 Å². The van der Waals surface area contributed by atoms with Gasteiger partial charge in [-0.1, -0.05) is 6.42 Å². The Morgan fingerprint density at radius 3 is 2.52 bits per heavy atom. The van der Waals surface area contributed by atoms with Gasteiger partial charge < -0.3 is 19.7 Å². The van der Waals surface area contributed by atoms with Crippen LogP contribution in [0.4, 0.5) is 0 Å². The lowest BCUT2D eigenvalue weighted by atomic mass is 9.99. The molecule has 0 bridgehead atoms. The lowest BCUT2D eigenvalue weighted by Gasteiger charge is -2.36. The van der Waals surface area contributed by atoms with Crippen molar-refractivity contribution < 1.29 is 19.7 Å². The van der Waals surface area contributed by atoms with Crippen LogP contribution >= 0.6 is 0 Å². The number of aliphatic hydroxyl groups excluding tert-OH is 2. The average molecular weight is 323 g/mol. The fourth-order valence-corrected chi connectivity index (χ4v) is 3.09. The summed E-state index contributed by atoms with van der Waals surface area (Å²) in [5.41, 5.74) is 0. The molecule has 2 N–H and O–H groups in total. The van der Waals surface area contributed by atoms with E-state index in [1.54, 1.807) is 0 Å². The minimum Gasteiger partial charge on any atom is -0.494 e. The molecule has 0 aliphatic carbocycles. The zero-order valence-electron chi connectivity index (χ0n) is 14.0. The van der Waals surface area contributed by atoms with Gasteiger partial charge in [0.15, 0.2) is 0 Å². The van der Waals surface area contributed by atoms with E-state index < -0.39 is 6.10 Å². The maximum atomic E-state index is 10.2. The minimum atomic E-state index is -0.527. The molecular formula is C18H29NO4. The third-order valence-electron chi connectivity index (χ3n) is 4.23. The molecule has 1 aromatic carbocycles. The molecule has 0 amide bonds. The first kappa shape index (κ1) is 18.0. The van der Waals surface area contributed by atoms with Gasteiger partial charge in [0.05, 0.1) is 6.61 Å². The van der Waals surface area contributed by atoms with E-state index in [-0.39, 0.29) is 13.2 Å². The van der Waals surface area contributed by atoms with E-state index >= 15 is 0 Å². The minimum absolute atomic E-state index is 0.208. The van der Waals surface area contributed by atoms with E-state index in [1.807, 2.05) is 31.2 Å². The second-order valence-electron chi connectivity index (χ2n) is 6.03. The van der Waals surface area contributed by atoms with Crippen molar-refractivity contribution in [1.82, 2.24) is 4.90 Å². The van der Waals surface area contributed by atoms with Crippen molar-refractivity contribution >= 4 is 0 Å². The standard InChI is InChI=1S/C18H29NO4/c1-2-22-17-6-8-18(9-7-17)23-14-16(21)13-19-11-4-3-5-15(19)10-12-20/h6-9,15-16,20-21H,2-5,10-14H2,1H3/t15-,16+/m0/s1. The summed E-state index contributed by atoms with van der Waals surface area (Å²) in [6.45, 7) is 4.66. The van der Waals surface area contributed by atoms with Gasteiger partial charge in [0.1, 0.15) is 24.2 Å². The Morgan fingerprint density at radius 1 is 1.17 bits per heavy atom. The molecule has 1 saturated heterocycles. The monoisotopic (exact) mass is 323 g/mol. The van der Waals surface area contributed by atoms with Crippen LogP contribution in [0.1, 0.15) is 32.6 Å². The largest absolute Gasteiger partial charge is 0.494 e. The Labute approximate surface area is 138 Å². The lowest BCUT2D eigenvalue weighted by Crippen LogP contribution is -2.45. The Morgan fingerprint density at radius 2 is 1.87 bits per heavy atom. The number of aliphatic hydroxyl groups is 2. The molecule has 0 radical (unpaired) electrons. The molecule has 2 rings (SSSR count). The van der Waals surface area contributed by atoms with Crippen molar-refractivity contribution in [3.63, 3.8) is 0 Å². The Kier molecular flexibility index (Phi) is 7.65. The highest BCUT2D eigenvalue weighted by atomic mass is 16.5. The molecule has 2 atom stereocenters. The summed E-state index contributed by atoms with van der Waals surface area (Å²) >= 11 is 0. The number of piperidine rings is 1. The van der Waals surface area contributed by atoms with E-state index in [2.05, 4.69) is 4.90 Å². The number of benzene rings is 1. The number of likely N-dealkylation sites (tertiary alicyclic amines) is 1. The maximum Gasteiger partial charge on any atom is 0.119 e. The van der Waals surface area contributed by atoms with E-state index in [4.69, 9.17) is 14.6 Å². The Bertz CT molecular complexity index is 435. The summed E-state index contributed by atoms with van der Waals surface area (Å²) in [5, 5.41) is 19.4. The first-order valence-corrected chi connectivity index (χ1v) is 8.61. The predicted molar refractivity (Wildman–Crippen MR) is 90.0 cm³/mol. The van der Waals surface area contributed by atoms with Crippen molar-refractivity contribution in [2.45, 2.75) is 44.8 Å². The van der Waals surface area contributed by atoms with Crippen molar-refractivity contribution in [2.75, 3.05) is 32.9 Å². The Hall–Kier alpha value is -1.30. The number of ether oxygens (including phenoxy) is 2. The van der Waals surface area contributed by atoms with Gasteiger partial charge in [0.25, 0.3) is 0 Å². The molecule has 0 aromatic heterocycles. The smallest absolute Gasteiger partial charge is 0.119 e. The van der Waals surface area contributed by atoms with Gasteiger partial charge in [-0.25, -0.2) is 0 Å². The highest BCUT2D eigenvalue weighted by molar-refractivity contribution is 5.31. The SMILES string of the molecule is CCOc1ccc(OC[C@H](O)CN2CCCC[C@H]2CCO)cc1. The van der Waals surface area contributed by atoms with E-state index in [1.165, 1.54) is 6.42 Å². The van der Waals surface area contributed by atoms with Gasteiger partial charge >= 0.3 is 0 Å². The molecule has 0 spiro atoms. The third kappa shape index (κ3) is 6.01. The molecule has 1 aliphatic heterocycles. The number of hydrogen-bond acceptors (Lipinski definition) is 5. The highest BCUT2D eigenvalue weighted by Crippen LogP contribution is 2.20. The molecule has 1 fully saturated rings. The number of hydrogen-bond donors (Lipinski definition) is 2. The molecule has 5 heteroatoms. The summed E-state index contributed by atoms with van der Waals surface area (Å²) in [6.07, 6.45) is 3.73. The summed E-state index contributed by atoms with van der Waals surface area (Å²) in [7, 11) is 0. The van der Waals surface area contributed by atoms with Crippen LogP contribution in [0, 0.1) is 0 Å². The van der Waals surface area contributed by atoms with Crippen LogP contribution in [0.3, 0.4) is 0 Å². The van der Waals surface area contributed by atoms with Gasteiger partial charge in [-0.05, 0) is 57.0 Å². The summed E-state index contributed by atoms with van der Waals surface area (Å²) in [6, 6.07) is 7.83. The van der Waals surface area contributed by atoms with Gasteiger partial charge in [-0.3, -0.25) is 4.90 Å². The summed E-state index contributed by atoms with van der Waals surface area (Å²) in [5.74, 6) is 1.55. The van der Waals surface area contributed by atoms with Crippen LogP contribution in [0.5, 0.6) is 11.5 Å². The van der Waals surface area contributed by atoms with Crippen LogP contribution in [0.15, 0.2) is 24.3 Å². The van der Waals surface area contributed by atoms with Crippen LogP contribution < -0.4 is 9.47 Å². The van der Waals surface area contributed by atoms with Crippen LogP contribution in [0.2, 0.25) is 0 Å². The number of nitrogens with zero attached hydrogens (tertiary/aromatic N) is 1. The lowest BCUT2D eigenvalue weighted by molar-refractivity contribution is 0.0332. The fourth-order valence-electron chi connectivity index (χ4n) is 3.09. The molecular weight excluding hydrogens is 294 g/mol. The fraction of sp³-hybridized carbons (Fsp3) is 0.667. The third-order valence-corrected chi connectivity index (χ3v) is 4.23. The maximum absolute atomic E-state index is 10.2. The average Bonchev–Trinajstić information content (AvgIpc) is 2.57. The predicted octanol–water partition coefficient (Wildman–Crippen LogP) is 2.06. The van der Waals surface area contributed by atoms with Gasteiger partial charge in [0, 0.05) is 19.2 Å².